The predicted molar refractivity (Wildman–Crippen MR) is 83.3 cm³/mol. The number of amides is 1. The highest BCUT2D eigenvalue weighted by Gasteiger charge is 2.13. The lowest BCUT2D eigenvalue weighted by molar-refractivity contribution is -0.115. The maximum atomic E-state index is 10.8. The fourth-order valence-electron chi connectivity index (χ4n) is 1.88. The highest BCUT2D eigenvalue weighted by Crippen LogP contribution is 2.16. The van der Waals surface area contributed by atoms with Gasteiger partial charge in [-0.3, -0.25) is 4.79 Å². The Hall–Kier alpha value is -2.75. The van der Waals surface area contributed by atoms with Crippen LogP contribution < -0.4 is 5.73 Å². The normalized spacial score (nSPS) is 10.8. The van der Waals surface area contributed by atoms with Crippen LogP contribution in [-0.4, -0.2) is 46.6 Å². The Balaban J connectivity index is 1.73. The third-order valence-electron chi connectivity index (χ3n) is 3.04. The molecule has 0 atom stereocenters. The molecule has 2 aromatic heterocycles. The molecule has 1 aromatic carbocycles. The monoisotopic (exact) mass is 330 g/mol. The van der Waals surface area contributed by atoms with E-state index in [0.717, 1.165) is 5.56 Å². The van der Waals surface area contributed by atoms with Gasteiger partial charge in [0.1, 0.15) is 6.54 Å². The molecule has 9 nitrogen and oxygen atoms in total. The molecule has 23 heavy (non-hydrogen) atoms. The molecule has 0 bridgehead atoms. The van der Waals surface area contributed by atoms with Crippen LogP contribution in [0.15, 0.2) is 35.5 Å². The molecule has 0 aliphatic heterocycles. The van der Waals surface area contributed by atoms with Crippen molar-refractivity contribution in [2.75, 3.05) is 5.75 Å². The van der Waals surface area contributed by atoms with E-state index in [1.165, 1.54) is 16.6 Å². The van der Waals surface area contributed by atoms with Gasteiger partial charge in [-0.15, -0.1) is 20.4 Å². The summed E-state index contributed by atoms with van der Waals surface area (Å²) in [5.41, 5.74) is 6.03. The van der Waals surface area contributed by atoms with Crippen LogP contribution in [0, 0.1) is 0 Å². The number of benzene rings is 1. The van der Waals surface area contributed by atoms with Crippen molar-refractivity contribution < 1.29 is 4.79 Å². The summed E-state index contributed by atoms with van der Waals surface area (Å²) in [6.07, 6.45) is 0. The summed E-state index contributed by atoms with van der Waals surface area (Å²) >= 11 is 1.24. The van der Waals surface area contributed by atoms with Gasteiger partial charge in [-0.1, -0.05) is 42.1 Å². The molecule has 0 aliphatic carbocycles. The summed E-state index contributed by atoms with van der Waals surface area (Å²) in [5, 5.41) is 21.1. The van der Waals surface area contributed by atoms with Gasteiger partial charge in [-0.2, -0.15) is 4.80 Å². The van der Waals surface area contributed by atoms with Gasteiger partial charge in [-0.25, -0.2) is 0 Å². The summed E-state index contributed by atoms with van der Waals surface area (Å²) in [4.78, 5) is 12.3. The van der Waals surface area contributed by atoms with Gasteiger partial charge in [0.05, 0.1) is 5.75 Å². The van der Waals surface area contributed by atoms with E-state index in [1.54, 1.807) is 4.57 Å². The number of nitrogens with zero attached hydrogens (tertiary/aromatic N) is 7. The molecule has 0 fully saturated rings. The highest BCUT2D eigenvalue weighted by molar-refractivity contribution is 7.99. The van der Waals surface area contributed by atoms with E-state index in [1.807, 2.05) is 37.4 Å². The fraction of sp³-hybridized carbons (Fsp3) is 0.231. The Kier molecular flexibility index (Phi) is 4.33. The van der Waals surface area contributed by atoms with Gasteiger partial charge in [0.25, 0.3) is 0 Å². The number of hydrogen-bond donors (Lipinski definition) is 1. The number of thioether (sulfide) groups is 1. The van der Waals surface area contributed by atoms with E-state index in [4.69, 9.17) is 5.73 Å². The van der Waals surface area contributed by atoms with Gasteiger partial charge in [0.2, 0.25) is 11.7 Å². The smallest absolute Gasteiger partial charge is 0.227 e. The lowest BCUT2D eigenvalue weighted by Gasteiger charge is -2.01. The molecule has 10 heteroatoms. The SMILES string of the molecule is Cn1c(Cn2nnc(-c3ccccc3)n2)nnc1SCC(N)=O. The molecule has 0 unspecified atom stereocenters. The second-order valence-electron chi connectivity index (χ2n) is 4.72. The number of carbonyl (C=O) groups is 1. The number of hydrogen-bond acceptors (Lipinski definition) is 7. The lowest BCUT2D eigenvalue weighted by atomic mass is 10.2. The first kappa shape index (κ1) is 15.2. The third-order valence-corrected chi connectivity index (χ3v) is 4.08. The Labute approximate surface area is 135 Å². The Morgan fingerprint density at radius 2 is 2.00 bits per heavy atom. The average Bonchev–Trinajstić information content (AvgIpc) is 3.15. The molecule has 118 valence electrons. The van der Waals surface area contributed by atoms with E-state index in [9.17, 15) is 4.79 Å². The summed E-state index contributed by atoms with van der Waals surface area (Å²) in [6, 6.07) is 9.60. The minimum Gasteiger partial charge on any atom is -0.369 e. The van der Waals surface area contributed by atoms with E-state index < -0.39 is 5.91 Å². The van der Waals surface area contributed by atoms with Crippen LogP contribution in [0.4, 0.5) is 0 Å². The summed E-state index contributed by atoms with van der Waals surface area (Å²) < 4.78 is 1.78. The average molecular weight is 330 g/mol. The number of nitrogens with two attached hydrogens (primary N) is 1. The minimum absolute atomic E-state index is 0.158. The predicted octanol–water partition coefficient (Wildman–Crippen LogP) is 0.0943. The second-order valence-corrected chi connectivity index (χ2v) is 5.66. The third kappa shape index (κ3) is 3.54. The molecule has 3 rings (SSSR count). The van der Waals surface area contributed by atoms with Crippen molar-refractivity contribution in [2.24, 2.45) is 12.8 Å². The Morgan fingerprint density at radius 1 is 1.22 bits per heavy atom. The summed E-state index contributed by atoms with van der Waals surface area (Å²) in [7, 11) is 1.81. The van der Waals surface area contributed by atoms with E-state index in [-0.39, 0.29) is 5.75 Å². The number of primary amides is 1. The maximum absolute atomic E-state index is 10.8. The molecule has 2 N–H and O–H groups in total. The van der Waals surface area contributed by atoms with E-state index >= 15 is 0 Å². The topological polar surface area (TPSA) is 117 Å². The molecule has 1 amide bonds. The largest absolute Gasteiger partial charge is 0.369 e. The van der Waals surface area contributed by atoms with Crippen molar-refractivity contribution >= 4 is 17.7 Å². The molecule has 0 radical (unpaired) electrons. The van der Waals surface area contributed by atoms with Gasteiger partial charge in [0.15, 0.2) is 11.0 Å². The highest BCUT2D eigenvalue weighted by atomic mass is 32.2. The van der Waals surface area contributed by atoms with Crippen LogP contribution in [-0.2, 0) is 18.4 Å². The maximum Gasteiger partial charge on any atom is 0.227 e. The van der Waals surface area contributed by atoms with Crippen molar-refractivity contribution in [3.63, 3.8) is 0 Å². The fourth-order valence-corrected chi connectivity index (χ4v) is 2.55. The zero-order valence-electron chi connectivity index (χ0n) is 12.3. The van der Waals surface area contributed by atoms with Crippen molar-refractivity contribution in [1.29, 1.82) is 0 Å². The van der Waals surface area contributed by atoms with Crippen LogP contribution >= 0.6 is 11.8 Å². The first-order chi connectivity index (χ1) is 11.1. The molecule has 0 spiro atoms. The zero-order chi connectivity index (χ0) is 16.2. The number of rotatable bonds is 6. The lowest BCUT2D eigenvalue weighted by Crippen LogP contribution is -2.14. The van der Waals surface area contributed by atoms with Crippen molar-refractivity contribution in [3.8, 4) is 11.4 Å². The minimum atomic E-state index is -0.398. The summed E-state index contributed by atoms with van der Waals surface area (Å²) in [5.74, 6) is 0.973. The first-order valence-corrected chi connectivity index (χ1v) is 7.74. The van der Waals surface area contributed by atoms with Crippen molar-refractivity contribution in [2.45, 2.75) is 11.7 Å². The van der Waals surface area contributed by atoms with Crippen LogP contribution in [0.25, 0.3) is 11.4 Å². The van der Waals surface area contributed by atoms with E-state index in [0.29, 0.717) is 23.4 Å². The summed E-state index contributed by atoms with van der Waals surface area (Å²) in [6.45, 7) is 0.334. The standard InChI is InChI=1S/C13H14N8OS/c1-20-11(15-17-13(20)23-8-10(14)22)7-21-18-12(16-19-21)9-5-3-2-4-6-9/h2-6H,7-8H2,1H3,(H2,14,22). The van der Waals surface area contributed by atoms with Crippen molar-refractivity contribution in [1.82, 2.24) is 35.0 Å². The van der Waals surface area contributed by atoms with Crippen LogP contribution in [0.3, 0.4) is 0 Å². The molecule has 2 heterocycles. The first-order valence-electron chi connectivity index (χ1n) is 6.76. The molecule has 0 saturated carbocycles. The molecular formula is C13H14N8OS. The Morgan fingerprint density at radius 3 is 2.74 bits per heavy atom. The number of aromatic nitrogens is 7. The van der Waals surface area contributed by atoms with Crippen molar-refractivity contribution in [3.05, 3.63) is 36.2 Å². The molecule has 0 saturated heterocycles. The number of tetrazole rings is 1. The van der Waals surface area contributed by atoms with Crippen LogP contribution in [0.2, 0.25) is 0 Å². The quantitative estimate of drug-likeness (QED) is 0.637. The van der Waals surface area contributed by atoms with E-state index in [2.05, 4.69) is 25.6 Å². The zero-order valence-corrected chi connectivity index (χ0v) is 13.1. The van der Waals surface area contributed by atoms with Crippen LogP contribution in [0.1, 0.15) is 5.82 Å². The molecule has 3 aromatic rings. The van der Waals surface area contributed by atoms with Gasteiger partial charge >= 0.3 is 0 Å². The molecule has 0 aliphatic rings. The van der Waals surface area contributed by atoms with Gasteiger partial charge in [-0.05, 0) is 5.21 Å². The Bertz CT molecular complexity index is 813. The van der Waals surface area contributed by atoms with Gasteiger partial charge in [0, 0.05) is 12.6 Å². The second kappa shape index (κ2) is 6.57. The molecular weight excluding hydrogens is 316 g/mol. The number of carbonyl (C=O) groups excluding carboxylic acids is 1. The van der Waals surface area contributed by atoms with Gasteiger partial charge < -0.3 is 10.3 Å². The van der Waals surface area contributed by atoms with Crippen LogP contribution in [0.5, 0.6) is 0 Å².